The van der Waals surface area contributed by atoms with Crippen LogP contribution in [0.3, 0.4) is 0 Å². The van der Waals surface area contributed by atoms with E-state index in [-0.39, 0.29) is 0 Å². The summed E-state index contributed by atoms with van der Waals surface area (Å²) in [6.45, 7) is 4.53. The van der Waals surface area contributed by atoms with Crippen molar-refractivity contribution in [1.29, 1.82) is 0 Å². The smallest absolute Gasteiger partial charge is 0.135 e. The molecule has 0 radical (unpaired) electrons. The lowest BCUT2D eigenvalue weighted by Gasteiger charge is -2.60. The van der Waals surface area contributed by atoms with Crippen LogP contribution in [0.25, 0.3) is 0 Å². The van der Waals surface area contributed by atoms with E-state index in [0.29, 0.717) is 17.2 Å². The summed E-state index contributed by atoms with van der Waals surface area (Å²) in [6.07, 6.45) is 10.7. The zero-order valence-corrected chi connectivity index (χ0v) is 12.2. The molecule has 19 heavy (non-hydrogen) atoms. The monoisotopic (exact) mass is 261 g/mol. The van der Waals surface area contributed by atoms with Crippen LogP contribution in [0.2, 0.25) is 0 Å². The van der Waals surface area contributed by atoms with Gasteiger partial charge in [-0.1, -0.05) is 0 Å². The highest BCUT2D eigenvalue weighted by Gasteiger charge is 2.54. The van der Waals surface area contributed by atoms with E-state index in [2.05, 4.69) is 11.8 Å². The average molecular weight is 261 g/mol. The van der Waals surface area contributed by atoms with Crippen molar-refractivity contribution in [3.63, 3.8) is 0 Å². The highest BCUT2D eigenvalue weighted by Crippen LogP contribution is 2.61. The van der Waals surface area contributed by atoms with E-state index in [9.17, 15) is 4.79 Å². The molecule has 0 N–H and O–H groups in total. The summed E-state index contributed by atoms with van der Waals surface area (Å²) in [4.78, 5) is 14.1. The second-order valence-electron chi connectivity index (χ2n) is 8.03. The van der Waals surface area contributed by atoms with Crippen molar-refractivity contribution >= 4 is 5.78 Å². The van der Waals surface area contributed by atoms with Gasteiger partial charge in [-0.05, 0) is 68.6 Å². The van der Waals surface area contributed by atoms with Crippen molar-refractivity contribution in [3.8, 4) is 0 Å². The summed E-state index contributed by atoms with van der Waals surface area (Å²) < 4.78 is 0. The molecular weight excluding hydrogens is 234 g/mol. The topological polar surface area (TPSA) is 20.3 Å². The molecular formula is C17H27NO. The maximum Gasteiger partial charge on any atom is 0.135 e. The third-order valence-corrected chi connectivity index (χ3v) is 6.88. The lowest BCUT2D eigenvalue weighted by molar-refractivity contribution is -0.126. The number of carbonyl (C=O) groups excluding carboxylic acids is 1. The highest BCUT2D eigenvalue weighted by atomic mass is 16.1. The standard InChI is InChI=1S/C17H27NO/c1-12(18-4-2-16(19)3-5-18)17-9-13-6-14(10-17)8-15(7-13)11-17/h12-15H,2-11H2,1H3. The third-order valence-electron chi connectivity index (χ3n) is 6.88. The predicted octanol–water partition coefficient (Wildman–Crippen LogP) is 3.26. The number of hydrogen-bond acceptors (Lipinski definition) is 2. The second kappa shape index (κ2) is 4.31. The van der Waals surface area contributed by atoms with Crippen LogP contribution in [-0.2, 0) is 4.79 Å². The van der Waals surface area contributed by atoms with Crippen molar-refractivity contribution in [3.05, 3.63) is 0 Å². The summed E-state index contributed by atoms with van der Waals surface area (Å²) in [7, 11) is 0. The van der Waals surface area contributed by atoms with Gasteiger partial charge in [0.2, 0.25) is 0 Å². The quantitative estimate of drug-likeness (QED) is 0.760. The summed E-state index contributed by atoms with van der Waals surface area (Å²) in [5.74, 6) is 3.61. The molecule has 1 unspecified atom stereocenters. The number of Topliss-reactive ketones (excluding diaryl/α,β-unsaturated/α-hetero) is 1. The molecule has 4 aliphatic carbocycles. The maximum absolute atomic E-state index is 11.5. The molecule has 0 aromatic rings. The molecule has 1 atom stereocenters. The van der Waals surface area contributed by atoms with Crippen LogP contribution >= 0.6 is 0 Å². The molecule has 0 aromatic carbocycles. The summed E-state index contributed by atoms with van der Waals surface area (Å²) in [6, 6.07) is 0.717. The van der Waals surface area contributed by atoms with E-state index >= 15 is 0 Å². The molecule has 0 aromatic heterocycles. The van der Waals surface area contributed by atoms with Gasteiger partial charge in [0.1, 0.15) is 5.78 Å². The first-order valence-electron chi connectivity index (χ1n) is 8.40. The maximum atomic E-state index is 11.5. The summed E-state index contributed by atoms with van der Waals surface area (Å²) >= 11 is 0. The molecule has 5 fully saturated rings. The Balaban J connectivity index is 1.53. The average Bonchev–Trinajstić information content (AvgIpc) is 2.37. The van der Waals surface area contributed by atoms with Gasteiger partial charge < -0.3 is 0 Å². The van der Waals surface area contributed by atoms with Gasteiger partial charge in [0, 0.05) is 32.0 Å². The number of nitrogens with zero attached hydrogens (tertiary/aromatic N) is 1. The van der Waals surface area contributed by atoms with Crippen LogP contribution in [0.1, 0.15) is 58.3 Å². The van der Waals surface area contributed by atoms with Crippen LogP contribution in [0.4, 0.5) is 0 Å². The first kappa shape index (κ1) is 12.4. The fraction of sp³-hybridized carbons (Fsp3) is 0.941. The molecule has 1 aliphatic heterocycles. The molecule has 0 amide bonds. The Labute approximate surface area is 116 Å². The van der Waals surface area contributed by atoms with E-state index < -0.39 is 0 Å². The number of rotatable bonds is 2. The van der Waals surface area contributed by atoms with Crippen LogP contribution in [0.15, 0.2) is 0 Å². The fourth-order valence-electron chi connectivity index (χ4n) is 6.24. The first-order valence-corrected chi connectivity index (χ1v) is 8.40. The number of piperidine rings is 1. The highest BCUT2D eigenvalue weighted by molar-refractivity contribution is 5.79. The SMILES string of the molecule is CC(N1CCC(=O)CC1)C12CC3CC(CC(C3)C1)C2. The van der Waals surface area contributed by atoms with Gasteiger partial charge in [0.05, 0.1) is 0 Å². The van der Waals surface area contributed by atoms with E-state index in [1.54, 1.807) is 0 Å². The molecule has 5 rings (SSSR count). The predicted molar refractivity (Wildman–Crippen MR) is 75.9 cm³/mol. The molecule has 1 saturated heterocycles. The lowest BCUT2D eigenvalue weighted by atomic mass is 9.47. The van der Waals surface area contributed by atoms with E-state index in [4.69, 9.17) is 0 Å². The van der Waals surface area contributed by atoms with Gasteiger partial charge in [-0.25, -0.2) is 0 Å². The summed E-state index contributed by atoms with van der Waals surface area (Å²) in [5.41, 5.74) is 0.620. The van der Waals surface area contributed by atoms with Crippen molar-refractivity contribution in [2.24, 2.45) is 23.2 Å². The van der Waals surface area contributed by atoms with Crippen LogP contribution in [0, 0.1) is 23.2 Å². The Bertz CT molecular complexity index is 343. The number of likely N-dealkylation sites (tertiary alicyclic amines) is 1. The number of hydrogen-bond donors (Lipinski definition) is 0. The minimum Gasteiger partial charge on any atom is -0.300 e. The van der Waals surface area contributed by atoms with E-state index in [1.165, 1.54) is 38.5 Å². The number of ketones is 1. The van der Waals surface area contributed by atoms with Gasteiger partial charge in [-0.2, -0.15) is 0 Å². The molecule has 106 valence electrons. The van der Waals surface area contributed by atoms with Gasteiger partial charge in [0.15, 0.2) is 0 Å². The molecule has 2 nitrogen and oxygen atoms in total. The van der Waals surface area contributed by atoms with Crippen molar-refractivity contribution in [2.45, 2.75) is 64.3 Å². The Kier molecular flexibility index (Phi) is 2.81. The molecule has 4 bridgehead atoms. The van der Waals surface area contributed by atoms with Crippen LogP contribution in [-0.4, -0.2) is 29.8 Å². The molecule has 2 heteroatoms. The van der Waals surface area contributed by atoms with Gasteiger partial charge in [-0.15, -0.1) is 0 Å². The van der Waals surface area contributed by atoms with Gasteiger partial charge in [-0.3, -0.25) is 9.69 Å². The summed E-state index contributed by atoms with van der Waals surface area (Å²) in [5, 5.41) is 0. The van der Waals surface area contributed by atoms with Crippen LogP contribution in [0.5, 0.6) is 0 Å². The Morgan fingerprint density at radius 1 is 1.00 bits per heavy atom. The number of carbonyl (C=O) groups is 1. The lowest BCUT2D eigenvalue weighted by Crippen LogP contribution is -2.57. The molecule has 4 saturated carbocycles. The first-order chi connectivity index (χ1) is 9.14. The Morgan fingerprint density at radius 2 is 1.47 bits per heavy atom. The zero-order valence-electron chi connectivity index (χ0n) is 12.2. The van der Waals surface area contributed by atoms with Crippen molar-refractivity contribution < 1.29 is 4.79 Å². The van der Waals surface area contributed by atoms with E-state index in [1.807, 2.05) is 0 Å². The Hall–Kier alpha value is -0.370. The minimum absolute atomic E-state index is 0.481. The third kappa shape index (κ3) is 1.98. The van der Waals surface area contributed by atoms with Crippen molar-refractivity contribution in [2.75, 3.05) is 13.1 Å². The molecule has 1 heterocycles. The minimum atomic E-state index is 0.481. The second-order valence-corrected chi connectivity index (χ2v) is 8.03. The van der Waals surface area contributed by atoms with Gasteiger partial charge in [0.25, 0.3) is 0 Å². The van der Waals surface area contributed by atoms with Crippen molar-refractivity contribution in [1.82, 2.24) is 4.90 Å². The Morgan fingerprint density at radius 3 is 1.95 bits per heavy atom. The van der Waals surface area contributed by atoms with Gasteiger partial charge >= 0.3 is 0 Å². The largest absolute Gasteiger partial charge is 0.300 e. The van der Waals surface area contributed by atoms with E-state index in [0.717, 1.165) is 43.7 Å². The zero-order chi connectivity index (χ0) is 13.0. The van der Waals surface area contributed by atoms with Crippen LogP contribution < -0.4 is 0 Å². The fourth-order valence-corrected chi connectivity index (χ4v) is 6.24. The molecule has 0 spiro atoms. The molecule has 5 aliphatic rings. The normalized spacial score (nSPS) is 47.6.